The molecule has 0 fully saturated rings. The van der Waals surface area contributed by atoms with Crippen molar-refractivity contribution < 1.29 is 45.9 Å². The van der Waals surface area contributed by atoms with Gasteiger partial charge in [0.15, 0.2) is 6.61 Å². The Morgan fingerprint density at radius 2 is 1.59 bits per heavy atom. The van der Waals surface area contributed by atoms with Crippen molar-refractivity contribution in [3.05, 3.63) is 65.2 Å². The van der Waals surface area contributed by atoms with E-state index in [4.69, 9.17) is 16.3 Å². The molecule has 41 heavy (non-hydrogen) atoms. The van der Waals surface area contributed by atoms with Crippen LogP contribution >= 0.6 is 11.6 Å². The fourth-order valence-electron chi connectivity index (χ4n) is 3.53. The Hall–Kier alpha value is -3.74. The lowest BCUT2D eigenvalue weighted by atomic mass is 9.94. The van der Waals surface area contributed by atoms with Gasteiger partial charge >= 0.3 is 12.1 Å². The Morgan fingerprint density at radius 1 is 0.927 bits per heavy atom. The molecule has 0 aliphatic rings. The largest absolute Gasteiger partial charge is 0.484 e. The van der Waals surface area contributed by atoms with E-state index in [0.29, 0.717) is 10.6 Å². The van der Waals surface area contributed by atoms with E-state index in [1.807, 2.05) is 0 Å². The Bertz CT molecular complexity index is 1210. The van der Waals surface area contributed by atoms with E-state index in [9.17, 15) is 41.1 Å². The molecule has 2 aromatic rings. The number of hydrogen-bond donors (Lipinski definition) is 3. The summed E-state index contributed by atoms with van der Waals surface area (Å²) in [6, 6.07) is 11.3. The first-order chi connectivity index (χ1) is 19.1. The van der Waals surface area contributed by atoms with Crippen LogP contribution in [0.2, 0.25) is 5.02 Å². The zero-order valence-corrected chi connectivity index (χ0v) is 22.8. The van der Waals surface area contributed by atoms with Gasteiger partial charge in [0.05, 0.1) is 12.5 Å². The zero-order valence-electron chi connectivity index (χ0n) is 22.1. The smallest absolute Gasteiger partial charge is 0.390 e. The minimum atomic E-state index is -4.74. The third-order valence-corrected chi connectivity index (χ3v) is 5.87. The van der Waals surface area contributed by atoms with E-state index in [1.165, 1.54) is 25.2 Å². The number of carbonyl (C=O) groups is 4. The molecule has 2 aromatic carbocycles. The highest BCUT2D eigenvalue weighted by molar-refractivity contribution is 6.30. The SMILES string of the molecule is CC(C)[C@H](NC(=O)[C@H](Cc1ccccc1)NC(=O)COc1cccc(Cl)c1)C(=O)C(F)(F)C(=O)NCCC(F)(F)F. The molecule has 0 saturated carbocycles. The monoisotopic (exact) mass is 605 g/mol. The molecule has 3 N–H and O–H groups in total. The number of ether oxygens (including phenoxy) is 1. The molecule has 0 aliphatic heterocycles. The Kier molecular flexibility index (Phi) is 12.1. The Morgan fingerprint density at radius 3 is 2.17 bits per heavy atom. The van der Waals surface area contributed by atoms with Crippen molar-refractivity contribution in [1.29, 1.82) is 0 Å². The van der Waals surface area contributed by atoms with Gasteiger partial charge in [-0.3, -0.25) is 19.2 Å². The van der Waals surface area contributed by atoms with Gasteiger partial charge in [-0.05, 0) is 29.7 Å². The van der Waals surface area contributed by atoms with Gasteiger partial charge in [0.1, 0.15) is 11.8 Å². The molecule has 14 heteroatoms. The molecule has 0 bridgehead atoms. The van der Waals surface area contributed by atoms with Crippen LogP contribution in [0.3, 0.4) is 0 Å². The summed E-state index contributed by atoms with van der Waals surface area (Å²) in [5.74, 6) is -11.4. The minimum absolute atomic E-state index is 0.0943. The quantitative estimate of drug-likeness (QED) is 0.224. The number of benzene rings is 2. The molecule has 224 valence electrons. The lowest BCUT2D eigenvalue weighted by Gasteiger charge is -2.27. The molecule has 2 rings (SSSR count). The third kappa shape index (κ3) is 11.0. The standard InChI is InChI=1S/C27H29ClF5N3O5/c1-16(2)22(23(38)27(32,33)25(40)34-12-11-26(29,30)31)36-24(39)20(13-17-7-4-3-5-8-17)35-21(37)15-41-19-10-6-9-18(28)14-19/h3-10,14,16,20,22H,11-13,15H2,1-2H3,(H,34,40)(H,35,37)(H,36,39)/t20-,22-/m0/s1. The Labute approximate surface area is 238 Å². The molecule has 0 radical (unpaired) electrons. The van der Waals surface area contributed by atoms with Gasteiger partial charge in [-0.15, -0.1) is 0 Å². The normalized spacial score (nSPS) is 13.2. The van der Waals surface area contributed by atoms with E-state index < -0.39 is 73.2 Å². The molecule has 0 spiro atoms. The van der Waals surface area contributed by atoms with Crippen molar-refractivity contribution in [2.45, 2.75) is 50.9 Å². The summed E-state index contributed by atoms with van der Waals surface area (Å²) in [5, 5.41) is 6.37. The van der Waals surface area contributed by atoms with Crippen LogP contribution in [-0.2, 0) is 25.6 Å². The minimum Gasteiger partial charge on any atom is -0.484 e. The first kappa shape index (κ1) is 33.5. The summed E-state index contributed by atoms with van der Waals surface area (Å²) in [6.45, 7) is 0.960. The van der Waals surface area contributed by atoms with Crippen molar-refractivity contribution in [3.8, 4) is 5.75 Å². The predicted octanol–water partition coefficient (Wildman–Crippen LogP) is 3.86. The third-order valence-electron chi connectivity index (χ3n) is 5.64. The maximum Gasteiger partial charge on any atom is 0.390 e. The maximum absolute atomic E-state index is 14.6. The average Bonchev–Trinajstić information content (AvgIpc) is 2.89. The number of halogens is 6. The topological polar surface area (TPSA) is 114 Å². The van der Waals surface area contributed by atoms with Crippen LogP contribution in [-0.4, -0.2) is 60.8 Å². The molecule has 0 saturated heterocycles. The first-order valence-electron chi connectivity index (χ1n) is 12.4. The summed E-state index contributed by atoms with van der Waals surface area (Å²) in [4.78, 5) is 50.4. The second kappa shape index (κ2) is 14.8. The maximum atomic E-state index is 14.6. The van der Waals surface area contributed by atoms with Crippen molar-refractivity contribution >= 4 is 35.1 Å². The second-order valence-corrected chi connectivity index (χ2v) is 9.78. The highest BCUT2D eigenvalue weighted by Crippen LogP contribution is 2.22. The molecule has 3 amide bonds. The highest BCUT2D eigenvalue weighted by atomic mass is 35.5. The van der Waals surface area contributed by atoms with E-state index in [1.54, 1.807) is 48.5 Å². The van der Waals surface area contributed by atoms with Gasteiger partial charge in [-0.2, -0.15) is 22.0 Å². The number of nitrogens with one attached hydrogen (secondary N) is 3. The van der Waals surface area contributed by atoms with Crippen molar-refractivity contribution in [3.63, 3.8) is 0 Å². The van der Waals surface area contributed by atoms with Gasteiger partial charge in [0.25, 0.3) is 11.8 Å². The Balaban J connectivity index is 2.16. The number of amides is 3. The molecule has 0 heterocycles. The van der Waals surface area contributed by atoms with Crippen LogP contribution < -0.4 is 20.7 Å². The van der Waals surface area contributed by atoms with Crippen LogP contribution in [0.25, 0.3) is 0 Å². The fourth-order valence-corrected chi connectivity index (χ4v) is 3.71. The number of hydrogen-bond acceptors (Lipinski definition) is 5. The van der Waals surface area contributed by atoms with Crippen LogP contribution in [0.1, 0.15) is 25.8 Å². The lowest BCUT2D eigenvalue weighted by molar-refractivity contribution is -0.162. The van der Waals surface area contributed by atoms with Gasteiger partial charge in [0, 0.05) is 18.0 Å². The van der Waals surface area contributed by atoms with Crippen LogP contribution in [0, 0.1) is 5.92 Å². The van der Waals surface area contributed by atoms with Gasteiger partial charge in [-0.25, -0.2) is 0 Å². The van der Waals surface area contributed by atoms with Gasteiger partial charge in [0.2, 0.25) is 11.7 Å². The lowest BCUT2D eigenvalue weighted by Crippen LogP contribution is -2.59. The van der Waals surface area contributed by atoms with E-state index >= 15 is 0 Å². The van der Waals surface area contributed by atoms with Gasteiger partial charge in [-0.1, -0.05) is 61.8 Å². The zero-order chi connectivity index (χ0) is 30.8. The number of Topliss-reactive ketones (excluding diaryl/α,β-unsaturated/α-hetero) is 1. The summed E-state index contributed by atoms with van der Waals surface area (Å²) in [5.41, 5.74) is 0.588. The van der Waals surface area contributed by atoms with Crippen molar-refractivity contribution in [1.82, 2.24) is 16.0 Å². The van der Waals surface area contributed by atoms with Gasteiger partial charge < -0.3 is 20.7 Å². The van der Waals surface area contributed by atoms with E-state index in [-0.39, 0.29) is 12.2 Å². The summed E-state index contributed by atoms with van der Waals surface area (Å²) in [7, 11) is 0. The fraction of sp³-hybridized carbons (Fsp3) is 0.407. The summed E-state index contributed by atoms with van der Waals surface area (Å²) in [6.07, 6.45) is -6.38. The predicted molar refractivity (Wildman–Crippen MR) is 139 cm³/mol. The average molecular weight is 606 g/mol. The number of ketones is 1. The van der Waals surface area contributed by atoms with Crippen molar-refractivity contribution in [2.24, 2.45) is 5.92 Å². The van der Waals surface area contributed by atoms with E-state index in [0.717, 1.165) is 0 Å². The summed E-state index contributed by atoms with van der Waals surface area (Å²) >= 11 is 5.89. The van der Waals surface area contributed by atoms with Crippen LogP contribution in [0.5, 0.6) is 5.75 Å². The molecular weight excluding hydrogens is 577 g/mol. The highest BCUT2D eigenvalue weighted by Gasteiger charge is 2.51. The molecule has 2 atom stereocenters. The molecule has 8 nitrogen and oxygen atoms in total. The summed E-state index contributed by atoms with van der Waals surface area (Å²) < 4.78 is 71.6. The second-order valence-electron chi connectivity index (χ2n) is 9.35. The number of carbonyl (C=O) groups excluding carboxylic acids is 4. The molecule has 0 aliphatic carbocycles. The molecule has 0 unspecified atom stereocenters. The van der Waals surface area contributed by atoms with Crippen LogP contribution in [0.4, 0.5) is 22.0 Å². The molecular formula is C27H29ClF5N3O5. The first-order valence-corrected chi connectivity index (χ1v) is 12.8. The molecule has 0 aromatic heterocycles. The van der Waals surface area contributed by atoms with Crippen LogP contribution in [0.15, 0.2) is 54.6 Å². The number of alkyl halides is 5. The van der Waals surface area contributed by atoms with E-state index in [2.05, 4.69) is 10.6 Å². The number of rotatable bonds is 14. The van der Waals surface area contributed by atoms with Crippen molar-refractivity contribution in [2.75, 3.05) is 13.2 Å².